The zero-order valence-corrected chi connectivity index (χ0v) is 12.2. The average Bonchev–Trinajstić information content (AvgIpc) is 2.53. The number of fused-ring (bicyclic) bond motifs is 1. The molecule has 0 aromatic rings. The summed E-state index contributed by atoms with van der Waals surface area (Å²) in [6.07, 6.45) is 5.95. The molecule has 0 spiro atoms. The van der Waals surface area contributed by atoms with Crippen LogP contribution in [0, 0.1) is 17.8 Å². The molecule has 2 atom stereocenters. The third kappa shape index (κ3) is 2.65. The molecule has 2 heterocycles. The maximum Gasteiger partial charge on any atom is 0.239 e. The summed E-state index contributed by atoms with van der Waals surface area (Å²) >= 11 is 0. The Hall–Kier alpha value is -0.620. The van der Waals surface area contributed by atoms with E-state index in [9.17, 15) is 13.2 Å². The lowest BCUT2D eigenvalue weighted by Crippen LogP contribution is -2.45. The standard InChI is InChI=1S/C13H22N2O3S/c1-14-19(17,18)8-13(16)15-7-11-3-9-2-10(4-11)6-12(15)5-9/h9-12,14H,2-8H2,1H3. The van der Waals surface area contributed by atoms with Crippen LogP contribution in [0.5, 0.6) is 0 Å². The molecule has 0 aromatic carbocycles. The summed E-state index contributed by atoms with van der Waals surface area (Å²) in [5.41, 5.74) is 0. The van der Waals surface area contributed by atoms with E-state index in [2.05, 4.69) is 4.72 Å². The van der Waals surface area contributed by atoms with E-state index >= 15 is 0 Å². The maximum atomic E-state index is 12.3. The van der Waals surface area contributed by atoms with Crippen LogP contribution in [0.4, 0.5) is 0 Å². The van der Waals surface area contributed by atoms with Crippen molar-refractivity contribution in [1.29, 1.82) is 0 Å². The van der Waals surface area contributed by atoms with E-state index in [1.807, 2.05) is 4.90 Å². The van der Waals surface area contributed by atoms with E-state index in [4.69, 9.17) is 0 Å². The van der Waals surface area contributed by atoms with Gasteiger partial charge in [-0.3, -0.25) is 4.79 Å². The molecule has 2 unspecified atom stereocenters. The SMILES string of the molecule is CNS(=O)(=O)CC(=O)N1CC2CC3CC(C2)CC1C3. The largest absolute Gasteiger partial charge is 0.338 e. The van der Waals surface area contributed by atoms with Crippen molar-refractivity contribution in [2.45, 2.75) is 38.1 Å². The van der Waals surface area contributed by atoms with Gasteiger partial charge in [0.05, 0.1) is 0 Å². The number of nitrogens with one attached hydrogen (secondary N) is 1. The van der Waals surface area contributed by atoms with E-state index < -0.39 is 15.8 Å². The monoisotopic (exact) mass is 286 g/mol. The number of rotatable bonds is 3. The summed E-state index contributed by atoms with van der Waals surface area (Å²) in [6.45, 7) is 0.774. The minimum Gasteiger partial charge on any atom is -0.338 e. The molecule has 2 aliphatic heterocycles. The Morgan fingerprint density at radius 3 is 2.26 bits per heavy atom. The van der Waals surface area contributed by atoms with Crippen molar-refractivity contribution in [2.75, 3.05) is 19.3 Å². The third-order valence-electron chi connectivity index (χ3n) is 5.05. The second kappa shape index (κ2) is 4.74. The molecule has 1 N–H and O–H groups in total. The van der Waals surface area contributed by atoms with E-state index in [0.29, 0.717) is 5.92 Å². The molecular weight excluding hydrogens is 264 g/mol. The molecule has 19 heavy (non-hydrogen) atoms. The van der Waals surface area contributed by atoms with E-state index in [0.717, 1.165) is 31.2 Å². The Morgan fingerprint density at radius 2 is 1.68 bits per heavy atom. The quantitative estimate of drug-likeness (QED) is 0.825. The van der Waals surface area contributed by atoms with Gasteiger partial charge in [0.25, 0.3) is 0 Å². The average molecular weight is 286 g/mol. The van der Waals surface area contributed by atoms with Gasteiger partial charge in [-0.1, -0.05) is 0 Å². The molecule has 5 nitrogen and oxygen atoms in total. The third-order valence-corrected chi connectivity index (χ3v) is 6.30. The summed E-state index contributed by atoms with van der Waals surface area (Å²) in [7, 11) is -2.09. The fourth-order valence-electron chi connectivity index (χ4n) is 4.41. The highest BCUT2D eigenvalue weighted by atomic mass is 32.2. The fraction of sp³-hybridized carbons (Fsp3) is 0.923. The van der Waals surface area contributed by atoms with Crippen LogP contribution < -0.4 is 4.72 Å². The van der Waals surface area contributed by atoms with Crippen LogP contribution in [0.15, 0.2) is 0 Å². The smallest absolute Gasteiger partial charge is 0.239 e. The second-order valence-electron chi connectivity index (χ2n) is 6.44. The molecule has 0 aromatic heterocycles. The minimum atomic E-state index is -3.45. The first kappa shape index (κ1) is 13.4. The van der Waals surface area contributed by atoms with Gasteiger partial charge in [0, 0.05) is 12.6 Å². The topological polar surface area (TPSA) is 66.5 Å². The van der Waals surface area contributed by atoms with Crippen LogP contribution >= 0.6 is 0 Å². The first-order valence-corrected chi connectivity index (χ1v) is 8.82. The summed E-state index contributed by atoms with van der Waals surface area (Å²) in [6, 6.07) is 0.288. The van der Waals surface area contributed by atoms with Crippen LogP contribution in [-0.2, 0) is 14.8 Å². The van der Waals surface area contributed by atoms with Crippen LogP contribution in [0.2, 0.25) is 0 Å². The highest BCUT2D eigenvalue weighted by molar-refractivity contribution is 7.90. The van der Waals surface area contributed by atoms with Crippen molar-refractivity contribution in [3.63, 3.8) is 0 Å². The van der Waals surface area contributed by atoms with Crippen LogP contribution in [-0.4, -0.2) is 44.6 Å². The highest BCUT2D eigenvalue weighted by Crippen LogP contribution is 2.47. The molecule has 4 fully saturated rings. The Kier molecular flexibility index (Phi) is 3.33. The molecule has 2 aliphatic carbocycles. The van der Waals surface area contributed by atoms with Gasteiger partial charge in [-0.05, 0) is 56.9 Å². The number of carbonyl (C=O) groups is 1. The second-order valence-corrected chi connectivity index (χ2v) is 8.37. The molecule has 1 amide bonds. The number of sulfonamides is 1. The number of nitrogens with zero attached hydrogens (tertiary/aromatic N) is 1. The van der Waals surface area contributed by atoms with Crippen molar-refractivity contribution >= 4 is 15.9 Å². The number of hydrogen-bond acceptors (Lipinski definition) is 3. The zero-order valence-electron chi connectivity index (χ0n) is 11.3. The molecule has 0 radical (unpaired) electrons. The van der Waals surface area contributed by atoms with Gasteiger partial charge in [-0.25, -0.2) is 13.1 Å². The van der Waals surface area contributed by atoms with E-state index in [1.165, 1.54) is 26.3 Å². The molecule has 2 saturated heterocycles. The van der Waals surface area contributed by atoms with Gasteiger partial charge in [-0.15, -0.1) is 0 Å². The molecule has 4 rings (SSSR count). The Labute approximate surface area is 114 Å². The van der Waals surface area contributed by atoms with Gasteiger partial charge in [0.15, 0.2) is 0 Å². The van der Waals surface area contributed by atoms with Gasteiger partial charge in [0.1, 0.15) is 5.75 Å². The molecule has 2 saturated carbocycles. The highest BCUT2D eigenvalue weighted by Gasteiger charge is 2.44. The normalized spacial score (nSPS) is 37.4. The summed E-state index contributed by atoms with van der Waals surface area (Å²) < 4.78 is 25.3. The van der Waals surface area contributed by atoms with Gasteiger partial charge in [-0.2, -0.15) is 0 Å². The fourth-order valence-corrected chi connectivity index (χ4v) is 5.04. The van der Waals surface area contributed by atoms with Crippen LogP contribution in [0.1, 0.15) is 32.1 Å². The number of hydrogen-bond donors (Lipinski definition) is 1. The molecule has 4 bridgehead atoms. The van der Waals surface area contributed by atoms with Crippen molar-refractivity contribution in [1.82, 2.24) is 9.62 Å². The van der Waals surface area contributed by atoms with E-state index in [1.54, 1.807) is 0 Å². The lowest BCUT2D eigenvalue weighted by atomic mass is 9.68. The predicted molar refractivity (Wildman–Crippen MR) is 71.9 cm³/mol. The van der Waals surface area contributed by atoms with Gasteiger partial charge < -0.3 is 4.90 Å². The van der Waals surface area contributed by atoms with Crippen molar-refractivity contribution in [3.8, 4) is 0 Å². The van der Waals surface area contributed by atoms with E-state index in [-0.39, 0.29) is 11.9 Å². The van der Waals surface area contributed by atoms with Crippen molar-refractivity contribution in [2.24, 2.45) is 17.8 Å². The molecule has 6 heteroatoms. The maximum absolute atomic E-state index is 12.3. The lowest BCUT2D eigenvalue weighted by molar-refractivity contribution is -0.131. The van der Waals surface area contributed by atoms with Crippen molar-refractivity contribution < 1.29 is 13.2 Å². The Morgan fingerprint density at radius 1 is 1.11 bits per heavy atom. The predicted octanol–water partition coefficient (Wildman–Crippen LogP) is 0.573. The van der Waals surface area contributed by atoms with Crippen LogP contribution in [0.25, 0.3) is 0 Å². The Balaban J connectivity index is 1.76. The summed E-state index contributed by atoms with van der Waals surface area (Å²) in [4.78, 5) is 14.2. The van der Waals surface area contributed by atoms with Gasteiger partial charge >= 0.3 is 0 Å². The molecule has 108 valence electrons. The number of amides is 1. The summed E-state index contributed by atoms with van der Waals surface area (Å²) in [5, 5.41) is 0. The van der Waals surface area contributed by atoms with Gasteiger partial charge in [0.2, 0.25) is 15.9 Å². The van der Waals surface area contributed by atoms with Crippen molar-refractivity contribution in [3.05, 3.63) is 0 Å². The molecule has 4 aliphatic rings. The first-order valence-electron chi connectivity index (χ1n) is 7.17. The minimum absolute atomic E-state index is 0.215. The zero-order chi connectivity index (χ0) is 13.6. The Bertz CT molecular complexity index is 462. The lowest BCUT2D eigenvalue weighted by Gasteiger charge is -2.38. The summed E-state index contributed by atoms with van der Waals surface area (Å²) in [5.74, 6) is 1.51. The first-order chi connectivity index (χ1) is 8.97. The molecular formula is C13H22N2O3S. The van der Waals surface area contributed by atoms with Crippen LogP contribution in [0.3, 0.4) is 0 Å². The number of carbonyl (C=O) groups excluding carboxylic acids is 1.